The summed E-state index contributed by atoms with van der Waals surface area (Å²) in [5.74, 6) is 0.441. The van der Waals surface area contributed by atoms with Crippen molar-refractivity contribution in [2.45, 2.75) is 67.3 Å². The topological polar surface area (TPSA) is 45.5 Å². The number of nitrogens with zero attached hydrogens (tertiary/aromatic N) is 2. The van der Waals surface area contributed by atoms with Crippen LogP contribution in [0.3, 0.4) is 0 Å². The van der Waals surface area contributed by atoms with Crippen molar-refractivity contribution >= 4 is 16.9 Å². The van der Waals surface area contributed by atoms with E-state index in [-0.39, 0.29) is 0 Å². The first-order valence-corrected chi connectivity index (χ1v) is 12.8. The number of aromatic carboxylic acids is 1. The zero-order chi connectivity index (χ0) is 24.8. The highest BCUT2D eigenvalue weighted by Crippen LogP contribution is 2.28. The number of rotatable bonds is 12. The molecule has 1 aromatic heterocycles. The van der Waals surface area contributed by atoms with Gasteiger partial charge >= 0.3 is 5.97 Å². The molecule has 0 aliphatic carbocycles. The number of hydrogen-bond donors (Lipinski definition) is 1. The third-order valence-corrected chi connectivity index (χ3v) is 6.91. The van der Waals surface area contributed by atoms with Crippen molar-refractivity contribution in [1.29, 1.82) is 0 Å². The first-order chi connectivity index (χ1) is 16.2. The van der Waals surface area contributed by atoms with Crippen LogP contribution in [0.15, 0.2) is 42.5 Å². The van der Waals surface area contributed by atoms with Gasteiger partial charge in [-0.05, 0) is 99.0 Å². The Hall–Kier alpha value is -2.59. The standard InChI is InChI=1S/C30H42N2O2/c1-7-14-31(15-13-21(2)3)19-22(4)20-32-24(6)23(5)28-18-26(11-12-29(28)32)16-25-9-8-10-27(17-25)30(33)34/h8-12,17-18,21-22H,7,13-16,19-20H2,1-6H3,(H,33,34). The van der Waals surface area contributed by atoms with Gasteiger partial charge in [0.2, 0.25) is 0 Å². The van der Waals surface area contributed by atoms with Crippen molar-refractivity contribution in [2.24, 2.45) is 11.8 Å². The molecule has 0 saturated carbocycles. The van der Waals surface area contributed by atoms with Crippen molar-refractivity contribution < 1.29 is 9.90 Å². The lowest BCUT2D eigenvalue weighted by Crippen LogP contribution is -2.32. The van der Waals surface area contributed by atoms with Crippen molar-refractivity contribution in [3.05, 3.63) is 70.4 Å². The smallest absolute Gasteiger partial charge is 0.335 e. The fourth-order valence-corrected chi connectivity index (χ4v) is 4.95. The van der Waals surface area contributed by atoms with E-state index in [9.17, 15) is 9.90 Å². The van der Waals surface area contributed by atoms with Crippen LogP contribution < -0.4 is 0 Å². The molecule has 0 saturated heterocycles. The molecule has 1 unspecified atom stereocenters. The van der Waals surface area contributed by atoms with E-state index in [0.717, 1.165) is 31.0 Å². The lowest BCUT2D eigenvalue weighted by atomic mass is 10.0. The van der Waals surface area contributed by atoms with Gasteiger partial charge in [0.25, 0.3) is 0 Å². The fraction of sp³-hybridized carbons (Fsp3) is 0.500. The highest BCUT2D eigenvalue weighted by atomic mass is 16.4. The minimum atomic E-state index is -0.878. The van der Waals surface area contributed by atoms with Crippen molar-refractivity contribution in [1.82, 2.24) is 9.47 Å². The molecule has 4 nitrogen and oxygen atoms in total. The Bertz CT molecular complexity index is 1110. The van der Waals surface area contributed by atoms with E-state index in [1.165, 1.54) is 53.7 Å². The summed E-state index contributed by atoms with van der Waals surface area (Å²) in [6, 6.07) is 14.0. The van der Waals surface area contributed by atoms with E-state index in [2.05, 4.69) is 69.2 Å². The molecular formula is C30H42N2O2. The SMILES string of the molecule is CCCN(CCC(C)C)CC(C)Cn1c(C)c(C)c2cc(Cc3cccc(C(=O)O)c3)ccc21. The lowest BCUT2D eigenvalue weighted by molar-refractivity contribution is 0.0696. The van der Waals surface area contributed by atoms with E-state index in [4.69, 9.17) is 0 Å². The van der Waals surface area contributed by atoms with E-state index < -0.39 is 5.97 Å². The Morgan fingerprint density at radius 2 is 1.76 bits per heavy atom. The Balaban J connectivity index is 1.78. The molecule has 1 heterocycles. The summed E-state index contributed by atoms with van der Waals surface area (Å²) < 4.78 is 2.50. The summed E-state index contributed by atoms with van der Waals surface area (Å²) in [7, 11) is 0. The summed E-state index contributed by atoms with van der Waals surface area (Å²) >= 11 is 0. The van der Waals surface area contributed by atoms with Crippen LogP contribution in [0.4, 0.5) is 0 Å². The van der Waals surface area contributed by atoms with Gasteiger partial charge in [-0.3, -0.25) is 0 Å². The molecule has 0 aliphatic rings. The summed E-state index contributed by atoms with van der Waals surface area (Å²) in [5, 5.41) is 10.6. The van der Waals surface area contributed by atoms with E-state index >= 15 is 0 Å². The molecule has 0 fully saturated rings. The monoisotopic (exact) mass is 462 g/mol. The lowest BCUT2D eigenvalue weighted by Gasteiger charge is -2.27. The van der Waals surface area contributed by atoms with Crippen LogP contribution in [0.1, 0.15) is 73.3 Å². The Morgan fingerprint density at radius 1 is 1.03 bits per heavy atom. The second kappa shape index (κ2) is 11.7. The van der Waals surface area contributed by atoms with E-state index in [1.54, 1.807) is 12.1 Å². The molecule has 0 bridgehead atoms. The van der Waals surface area contributed by atoms with Gasteiger partial charge in [-0.2, -0.15) is 0 Å². The van der Waals surface area contributed by atoms with Crippen LogP contribution >= 0.6 is 0 Å². The van der Waals surface area contributed by atoms with Crippen LogP contribution in [0.5, 0.6) is 0 Å². The number of carboxylic acid groups (broad SMARTS) is 1. The summed E-state index contributed by atoms with van der Waals surface area (Å²) in [6.45, 7) is 18.2. The van der Waals surface area contributed by atoms with Crippen molar-refractivity contribution in [2.75, 3.05) is 19.6 Å². The minimum absolute atomic E-state index is 0.344. The van der Waals surface area contributed by atoms with Crippen molar-refractivity contribution in [3.8, 4) is 0 Å². The molecule has 1 N–H and O–H groups in total. The van der Waals surface area contributed by atoms with Gasteiger partial charge in [-0.15, -0.1) is 0 Å². The van der Waals surface area contributed by atoms with Gasteiger partial charge in [0.15, 0.2) is 0 Å². The molecular weight excluding hydrogens is 420 g/mol. The second-order valence-corrected chi connectivity index (χ2v) is 10.4. The Kier molecular flexibility index (Phi) is 8.96. The van der Waals surface area contributed by atoms with Crippen molar-refractivity contribution in [3.63, 3.8) is 0 Å². The molecule has 0 spiro atoms. The highest BCUT2D eigenvalue weighted by molar-refractivity contribution is 5.88. The average Bonchev–Trinajstić information content (AvgIpc) is 3.02. The normalized spacial score (nSPS) is 12.7. The van der Waals surface area contributed by atoms with Gasteiger partial charge in [0.1, 0.15) is 0 Å². The number of benzene rings is 2. The van der Waals surface area contributed by atoms with Crippen LogP contribution in [0.25, 0.3) is 10.9 Å². The first-order valence-electron chi connectivity index (χ1n) is 12.8. The summed E-state index contributed by atoms with van der Waals surface area (Å²) in [6.07, 6.45) is 3.20. The zero-order valence-corrected chi connectivity index (χ0v) is 21.9. The zero-order valence-electron chi connectivity index (χ0n) is 21.9. The molecule has 3 aromatic rings. The third kappa shape index (κ3) is 6.50. The maximum Gasteiger partial charge on any atom is 0.335 e. The van der Waals surface area contributed by atoms with Crippen LogP contribution in [-0.4, -0.2) is 40.2 Å². The number of aromatic nitrogens is 1. The van der Waals surface area contributed by atoms with Crippen LogP contribution in [-0.2, 0) is 13.0 Å². The highest BCUT2D eigenvalue weighted by Gasteiger charge is 2.16. The van der Waals surface area contributed by atoms with Crippen LogP contribution in [0, 0.1) is 25.7 Å². The summed E-state index contributed by atoms with van der Waals surface area (Å²) in [5.41, 5.74) is 6.57. The van der Waals surface area contributed by atoms with E-state index in [1.807, 2.05) is 12.1 Å². The minimum Gasteiger partial charge on any atom is -0.478 e. The molecule has 1 atom stereocenters. The number of aryl methyl sites for hydroxylation is 1. The first kappa shape index (κ1) is 26.0. The van der Waals surface area contributed by atoms with Gasteiger partial charge in [-0.1, -0.05) is 45.9 Å². The molecule has 0 radical (unpaired) electrons. The molecule has 3 rings (SSSR count). The fourth-order valence-electron chi connectivity index (χ4n) is 4.95. The largest absolute Gasteiger partial charge is 0.478 e. The molecule has 0 amide bonds. The van der Waals surface area contributed by atoms with Gasteiger partial charge in [0.05, 0.1) is 5.56 Å². The number of carboxylic acids is 1. The predicted molar refractivity (Wildman–Crippen MR) is 143 cm³/mol. The maximum atomic E-state index is 11.3. The molecule has 2 aromatic carbocycles. The number of hydrogen-bond acceptors (Lipinski definition) is 2. The second-order valence-electron chi connectivity index (χ2n) is 10.4. The van der Waals surface area contributed by atoms with E-state index in [0.29, 0.717) is 11.5 Å². The molecule has 0 aliphatic heterocycles. The van der Waals surface area contributed by atoms with Crippen LogP contribution in [0.2, 0.25) is 0 Å². The molecule has 184 valence electrons. The maximum absolute atomic E-state index is 11.3. The number of carbonyl (C=O) groups is 1. The average molecular weight is 463 g/mol. The summed E-state index contributed by atoms with van der Waals surface area (Å²) in [4.78, 5) is 14.0. The molecule has 4 heteroatoms. The third-order valence-electron chi connectivity index (χ3n) is 6.91. The Labute approximate surface area is 205 Å². The Morgan fingerprint density at radius 3 is 2.44 bits per heavy atom. The predicted octanol–water partition coefficient (Wildman–Crippen LogP) is 6.94. The van der Waals surface area contributed by atoms with Gasteiger partial charge in [-0.25, -0.2) is 4.79 Å². The van der Waals surface area contributed by atoms with Gasteiger partial charge in [0, 0.05) is 29.7 Å². The number of fused-ring (bicyclic) bond motifs is 1. The molecule has 34 heavy (non-hydrogen) atoms. The van der Waals surface area contributed by atoms with Gasteiger partial charge < -0.3 is 14.6 Å². The quantitative estimate of drug-likeness (QED) is 0.317.